The van der Waals surface area contributed by atoms with Gasteiger partial charge in [0, 0.05) is 59.8 Å². The second-order valence-electron chi connectivity index (χ2n) is 9.34. The molecule has 0 saturated carbocycles. The van der Waals surface area contributed by atoms with Crippen molar-refractivity contribution in [2.45, 2.75) is 49.2 Å². The summed E-state index contributed by atoms with van der Waals surface area (Å²) in [6, 6.07) is 9.08. The topological polar surface area (TPSA) is 26.6 Å². The minimum Gasteiger partial charge on any atom is -0.343 e. The number of hydrogen-bond acceptors (Lipinski definition) is 4. The number of nitrogens with zero attached hydrogens (tertiary/aromatic N) is 2. The molecule has 4 heterocycles. The predicted octanol–water partition coefficient (Wildman–Crippen LogP) is 5.94. The van der Waals surface area contributed by atoms with Crippen LogP contribution in [0, 0.1) is 5.82 Å². The van der Waals surface area contributed by atoms with Gasteiger partial charge in [0.25, 0.3) is 0 Å². The van der Waals surface area contributed by atoms with Crippen LogP contribution < -0.4 is 0 Å². The lowest BCUT2D eigenvalue weighted by Crippen LogP contribution is -2.34. The van der Waals surface area contributed by atoms with Crippen molar-refractivity contribution in [3.05, 3.63) is 64.6 Å². The van der Waals surface area contributed by atoms with Crippen LogP contribution in [0.4, 0.5) is 17.6 Å². The Morgan fingerprint density at radius 1 is 1.00 bits per heavy atom. The summed E-state index contributed by atoms with van der Waals surface area (Å²) in [5.41, 5.74) is 2.90. The molecule has 0 N–H and O–H groups in total. The van der Waals surface area contributed by atoms with Crippen LogP contribution in [-0.2, 0) is 40.9 Å². The summed E-state index contributed by atoms with van der Waals surface area (Å²) >= 11 is 1.64. The van der Waals surface area contributed by atoms with E-state index < -0.39 is 17.5 Å². The van der Waals surface area contributed by atoms with Crippen molar-refractivity contribution >= 4 is 22.7 Å². The monoisotopic (exact) mass is 506 g/mol. The van der Waals surface area contributed by atoms with Gasteiger partial charge in [-0.25, -0.2) is 4.39 Å². The lowest BCUT2D eigenvalue weighted by atomic mass is 9.98. The average Bonchev–Trinajstić information content (AvgIpc) is 3.44. The van der Waals surface area contributed by atoms with Crippen molar-refractivity contribution in [3.8, 4) is 0 Å². The third-order valence-electron chi connectivity index (χ3n) is 7.33. The Morgan fingerprint density at radius 2 is 1.77 bits per heavy atom. The van der Waals surface area contributed by atoms with E-state index in [1.54, 1.807) is 30.0 Å². The molecule has 6 rings (SSSR count). The first-order valence-corrected chi connectivity index (χ1v) is 13.0. The fraction of sp³-hybridized carbons (Fsp3) is 0.462. The molecule has 1 fully saturated rings. The highest BCUT2D eigenvalue weighted by atomic mass is 32.2. The number of aromatic nitrogens is 1. The zero-order valence-corrected chi connectivity index (χ0v) is 20.0. The van der Waals surface area contributed by atoms with E-state index in [-0.39, 0.29) is 5.82 Å². The molecule has 35 heavy (non-hydrogen) atoms. The van der Waals surface area contributed by atoms with Crippen LogP contribution in [0.5, 0.6) is 0 Å². The number of thioether (sulfide) groups is 1. The van der Waals surface area contributed by atoms with Gasteiger partial charge in [0.15, 0.2) is 5.79 Å². The highest BCUT2D eigenvalue weighted by Crippen LogP contribution is 2.45. The van der Waals surface area contributed by atoms with Crippen LogP contribution in [0.1, 0.15) is 35.2 Å². The molecule has 9 heteroatoms. The zero-order valence-electron chi connectivity index (χ0n) is 19.2. The van der Waals surface area contributed by atoms with Crippen LogP contribution in [-0.4, -0.2) is 41.5 Å². The molecule has 1 saturated heterocycles. The maximum atomic E-state index is 14.0. The molecule has 3 aliphatic heterocycles. The van der Waals surface area contributed by atoms with Crippen LogP contribution in [0.25, 0.3) is 10.9 Å². The standard InChI is InChI=1S/C26H26F4N2O2S/c27-18-4-2-17(3-5-18)25(33-13-14-34-25)9-1-10-31-11-8-21-19(16-31)23-20(26(28,29)30)6-7-22-24(23)32(21)12-15-35-22/h2-7H,1,8-16H2. The molecule has 0 atom stereocenters. The van der Waals surface area contributed by atoms with Gasteiger partial charge in [0.1, 0.15) is 5.82 Å². The molecule has 2 aromatic carbocycles. The van der Waals surface area contributed by atoms with Gasteiger partial charge in [0.05, 0.1) is 24.3 Å². The first-order valence-electron chi connectivity index (χ1n) is 12.0. The minimum atomic E-state index is -4.39. The quantitative estimate of drug-likeness (QED) is 0.400. The molecule has 0 amide bonds. The number of hydrogen-bond donors (Lipinski definition) is 0. The summed E-state index contributed by atoms with van der Waals surface area (Å²) < 4.78 is 69.4. The van der Waals surface area contributed by atoms with Crippen molar-refractivity contribution in [1.29, 1.82) is 0 Å². The van der Waals surface area contributed by atoms with Crippen molar-refractivity contribution in [3.63, 3.8) is 0 Å². The van der Waals surface area contributed by atoms with E-state index in [1.807, 2.05) is 0 Å². The molecule has 1 aromatic heterocycles. The molecular weight excluding hydrogens is 480 g/mol. The first kappa shape index (κ1) is 23.3. The van der Waals surface area contributed by atoms with Gasteiger partial charge in [-0.2, -0.15) is 13.2 Å². The van der Waals surface area contributed by atoms with Crippen molar-refractivity contribution < 1.29 is 27.0 Å². The van der Waals surface area contributed by atoms with Crippen LogP contribution in [0.2, 0.25) is 0 Å². The van der Waals surface area contributed by atoms with E-state index >= 15 is 0 Å². The predicted molar refractivity (Wildman–Crippen MR) is 126 cm³/mol. The second-order valence-corrected chi connectivity index (χ2v) is 10.5. The molecule has 186 valence electrons. The van der Waals surface area contributed by atoms with Crippen molar-refractivity contribution in [1.82, 2.24) is 9.47 Å². The van der Waals surface area contributed by atoms with Gasteiger partial charge in [-0.15, -0.1) is 11.8 Å². The number of rotatable bonds is 5. The van der Waals surface area contributed by atoms with Gasteiger partial charge in [-0.1, -0.05) is 12.1 Å². The number of benzene rings is 2. The van der Waals surface area contributed by atoms with Gasteiger partial charge in [-0.05, 0) is 42.8 Å². The van der Waals surface area contributed by atoms with Crippen LogP contribution in [0.3, 0.4) is 0 Å². The molecule has 0 bridgehead atoms. The third kappa shape index (κ3) is 4.06. The lowest BCUT2D eigenvalue weighted by Gasteiger charge is -2.31. The van der Waals surface area contributed by atoms with E-state index in [1.165, 1.54) is 18.2 Å². The summed E-state index contributed by atoms with van der Waals surface area (Å²) in [6.07, 6.45) is -2.31. The maximum Gasteiger partial charge on any atom is 0.417 e. The summed E-state index contributed by atoms with van der Waals surface area (Å²) in [6.45, 7) is 3.73. The summed E-state index contributed by atoms with van der Waals surface area (Å²) in [4.78, 5) is 3.18. The van der Waals surface area contributed by atoms with Crippen molar-refractivity contribution in [2.75, 3.05) is 32.1 Å². The average molecular weight is 507 g/mol. The summed E-state index contributed by atoms with van der Waals surface area (Å²) in [7, 11) is 0. The molecule has 0 spiro atoms. The number of ether oxygens (including phenoxy) is 2. The van der Waals surface area contributed by atoms with E-state index in [0.717, 1.165) is 65.5 Å². The number of halogens is 4. The molecular formula is C26H26F4N2O2S. The van der Waals surface area contributed by atoms with Crippen molar-refractivity contribution in [2.24, 2.45) is 0 Å². The van der Waals surface area contributed by atoms with E-state index in [0.29, 0.717) is 31.6 Å². The Hall–Kier alpha value is -2.07. The Labute approximate surface area is 205 Å². The largest absolute Gasteiger partial charge is 0.417 e. The molecule has 3 aliphatic rings. The smallest absolute Gasteiger partial charge is 0.343 e. The normalized spacial score (nSPS) is 19.9. The fourth-order valence-electron chi connectivity index (χ4n) is 5.80. The molecule has 0 unspecified atom stereocenters. The highest BCUT2D eigenvalue weighted by Gasteiger charge is 2.40. The zero-order chi connectivity index (χ0) is 24.2. The van der Waals surface area contributed by atoms with E-state index in [2.05, 4.69) is 9.47 Å². The van der Waals surface area contributed by atoms with Gasteiger partial charge in [-0.3, -0.25) is 4.90 Å². The fourth-order valence-corrected chi connectivity index (χ4v) is 6.80. The molecule has 4 nitrogen and oxygen atoms in total. The Balaban J connectivity index is 1.24. The number of aryl methyl sites for hydroxylation is 1. The summed E-state index contributed by atoms with van der Waals surface area (Å²) in [5.74, 6) is -0.322. The molecule has 0 aliphatic carbocycles. The highest BCUT2D eigenvalue weighted by molar-refractivity contribution is 7.99. The number of fused-ring (bicyclic) bond motifs is 3. The van der Waals surface area contributed by atoms with E-state index in [9.17, 15) is 17.6 Å². The SMILES string of the molecule is Fc1ccc(C2(CCCN3CCc4c(c5c(C(F)(F)F)ccc6c5n4CCS6)C3)OCCO2)cc1. The summed E-state index contributed by atoms with van der Waals surface area (Å²) in [5, 5.41) is 0.382. The lowest BCUT2D eigenvalue weighted by molar-refractivity contribution is -0.172. The number of alkyl halides is 3. The third-order valence-corrected chi connectivity index (χ3v) is 8.36. The van der Waals surface area contributed by atoms with Crippen LogP contribution >= 0.6 is 11.8 Å². The second kappa shape index (κ2) is 8.80. The Morgan fingerprint density at radius 3 is 2.51 bits per heavy atom. The Bertz CT molecular complexity index is 1250. The van der Waals surface area contributed by atoms with Crippen LogP contribution in [0.15, 0.2) is 41.3 Å². The van der Waals surface area contributed by atoms with Gasteiger partial charge >= 0.3 is 6.18 Å². The minimum absolute atomic E-state index is 0.311. The maximum absolute atomic E-state index is 14.0. The molecule has 3 aromatic rings. The molecule has 0 radical (unpaired) electrons. The first-order chi connectivity index (χ1) is 16.9. The Kier molecular flexibility index (Phi) is 5.86. The van der Waals surface area contributed by atoms with Gasteiger partial charge in [0.2, 0.25) is 0 Å². The van der Waals surface area contributed by atoms with Gasteiger partial charge < -0.3 is 14.0 Å². The van der Waals surface area contributed by atoms with E-state index in [4.69, 9.17) is 9.47 Å².